The highest BCUT2D eigenvalue weighted by atomic mass is 32.2. The summed E-state index contributed by atoms with van der Waals surface area (Å²) in [5.74, 6) is 0.927. The molecule has 0 spiro atoms. The Hall–Kier alpha value is -4.54. The number of hydrogen-bond donors (Lipinski definition) is 2. The Morgan fingerprint density at radius 2 is 1.88 bits per heavy atom. The molecule has 0 saturated heterocycles. The highest BCUT2D eigenvalue weighted by Crippen LogP contribution is 2.48. The molecule has 1 amide bonds. The standard InChI is InChI=1S/C29H28N6O5S2/c1-38-21-10-5-4-7-18(21)32-24(37)15-41-29-34-33-28(42-29)35-19-8-6-9-20(36)26(19)25(17(14-30)27(35)31)16-11-12-22(39-2)23(13-16)40-3/h4-5,7,10-13,25H,6,8-9,15,31H2,1-3H3,(H,32,37). The first-order valence-corrected chi connectivity index (χ1v) is 14.8. The van der Waals surface area contributed by atoms with Crippen molar-refractivity contribution in [2.75, 3.05) is 37.3 Å². The van der Waals surface area contributed by atoms with E-state index in [0.717, 1.165) is 0 Å². The molecule has 1 aliphatic carbocycles. The lowest BCUT2D eigenvalue weighted by atomic mass is 9.75. The van der Waals surface area contributed by atoms with E-state index in [1.54, 1.807) is 36.3 Å². The normalized spacial score (nSPS) is 16.6. The number of nitrogens with two attached hydrogens (primary N) is 1. The maximum Gasteiger partial charge on any atom is 0.234 e. The van der Waals surface area contributed by atoms with Gasteiger partial charge in [-0.2, -0.15) is 5.26 Å². The number of carbonyl (C=O) groups excluding carboxylic acids is 2. The molecule has 2 aliphatic rings. The molecule has 3 aromatic rings. The number of ether oxygens (including phenoxy) is 3. The molecule has 1 unspecified atom stereocenters. The minimum absolute atomic E-state index is 0.0478. The molecule has 13 heteroatoms. The number of methoxy groups -OCH3 is 3. The molecule has 0 fully saturated rings. The molecule has 3 N–H and O–H groups in total. The summed E-state index contributed by atoms with van der Waals surface area (Å²) in [4.78, 5) is 27.7. The second kappa shape index (κ2) is 12.5. The number of nitrogens with zero attached hydrogens (tertiary/aromatic N) is 4. The van der Waals surface area contributed by atoms with Crippen LogP contribution in [0.15, 0.2) is 69.5 Å². The first kappa shape index (κ1) is 29.0. The molecule has 0 radical (unpaired) electrons. The number of nitrogens with one attached hydrogen (secondary N) is 1. The lowest BCUT2D eigenvalue weighted by molar-refractivity contribution is -0.116. The van der Waals surface area contributed by atoms with Crippen LogP contribution in [0.1, 0.15) is 30.7 Å². The summed E-state index contributed by atoms with van der Waals surface area (Å²) in [5, 5.41) is 22.1. The topological polar surface area (TPSA) is 153 Å². The molecule has 42 heavy (non-hydrogen) atoms. The summed E-state index contributed by atoms with van der Waals surface area (Å²) in [7, 11) is 4.61. The zero-order valence-corrected chi connectivity index (χ0v) is 24.8. The number of benzene rings is 2. The number of ketones is 1. The highest BCUT2D eigenvalue weighted by molar-refractivity contribution is 8.01. The van der Waals surface area contributed by atoms with E-state index in [4.69, 9.17) is 19.9 Å². The van der Waals surface area contributed by atoms with Gasteiger partial charge in [0.2, 0.25) is 11.0 Å². The van der Waals surface area contributed by atoms with Gasteiger partial charge < -0.3 is 25.3 Å². The molecule has 1 atom stereocenters. The van der Waals surface area contributed by atoms with Crippen LogP contribution in [-0.4, -0.2) is 49.0 Å². The van der Waals surface area contributed by atoms with Crippen LogP contribution in [-0.2, 0) is 9.59 Å². The number of para-hydroxylation sites is 2. The number of anilines is 2. The third-order valence-electron chi connectivity index (χ3n) is 6.95. The molecule has 1 aliphatic heterocycles. The van der Waals surface area contributed by atoms with Crippen molar-refractivity contribution in [3.63, 3.8) is 0 Å². The van der Waals surface area contributed by atoms with Crippen LogP contribution in [0.5, 0.6) is 17.2 Å². The number of thioether (sulfide) groups is 1. The van der Waals surface area contributed by atoms with Crippen molar-refractivity contribution in [3.8, 4) is 23.3 Å². The maximum absolute atomic E-state index is 13.4. The van der Waals surface area contributed by atoms with E-state index in [-0.39, 0.29) is 28.8 Å². The lowest BCUT2D eigenvalue weighted by Gasteiger charge is -2.38. The Morgan fingerprint density at radius 3 is 2.62 bits per heavy atom. The van der Waals surface area contributed by atoms with Gasteiger partial charge in [-0.15, -0.1) is 10.2 Å². The van der Waals surface area contributed by atoms with Crippen molar-refractivity contribution in [2.45, 2.75) is 29.5 Å². The van der Waals surface area contributed by atoms with Crippen LogP contribution in [0, 0.1) is 11.3 Å². The van der Waals surface area contributed by atoms with E-state index < -0.39 is 5.92 Å². The summed E-state index contributed by atoms with van der Waals surface area (Å²) in [5.41, 5.74) is 9.37. The Balaban J connectivity index is 1.44. The van der Waals surface area contributed by atoms with Crippen molar-refractivity contribution in [1.82, 2.24) is 10.2 Å². The molecule has 216 valence electrons. The van der Waals surface area contributed by atoms with Crippen molar-refractivity contribution in [2.24, 2.45) is 5.73 Å². The molecular weight excluding hydrogens is 576 g/mol. The Kier molecular flexibility index (Phi) is 8.65. The Bertz CT molecular complexity index is 1640. The van der Waals surface area contributed by atoms with Crippen LogP contribution in [0.3, 0.4) is 0 Å². The molecular formula is C29H28N6O5S2. The molecule has 2 heterocycles. The molecule has 11 nitrogen and oxygen atoms in total. The third kappa shape index (κ3) is 5.50. The van der Waals surface area contributed by atoms with Gasteiger partial charge in [0.05, 0.1) is 50.3 Å². The molecule has 0 saturated carbocycles. The molecule has 5 rings (SSSR count). The quantitative estimate of drug-likeness (QED) is 0.330. The lowest BCUT2D eigenvalue weighted by Crippen LogP contribution is -2.38. The van der Waals surface area contributed by atoms with E-state index in [1.807, 2.05) is 18.2 Å². The van der Waals surface area contributed by atoms with Gasteiger partial charge in [-0.3, -0.25) is 14.5 Å². The van der Waals surface area contributed by atoms with Crippen LogP contribution in [0.25, 0.3) is 0 Å². The number of amides is 1. The van der Waals surface area contributed by atoms with Crippen LogP contribution in [0.4, 0.5) is 10.8 Å². The molecule has 2 aromatic carbocycles. The van der Waals surface area contributed by atoms with Crippen LogP contribution >= 0.6 is 23.1 Å². The van der Waals surface area contributed by atoms with Gasteiger partial charge in [-0.05, 0) is 42.7 Å². The number of aromatic nitrogens is 2. The summed E-state index contributed by atoms with van der Waals surface area (Å²) >= 11 is 2.46. The molecule has 1 aromatic heterocycles. The zero-order valence-electron chi connectivity index (χ0n) is 23.2. The first-order valence-electron chi connectivity index (χ1n) is 13.0. The van der Waals surface area contributed by atoms with Crippen molar-refractivity contribution >= 4 is 45.6 Å². The van der Waals surface area contributed by atoms with E-state index >= 15 is 0 Å². The Morgan fingerprint density at radius 1 is 1.12 bits per heavy atom. The second-order valence-corrected chi connectivity index (χ2v) is 11.5. The van der Waals surface area contributed by atoms with E-state index in [1.165, 1.54) is 37.3 Å². The van der Waals surface area contributed by atoms with Crippen molar-refractivity contribution in [3.05, 3.63) is 70.7 Å². The fraction of sp³-hybridized carbons (Fsp3) is 0.276. The van der Waals surface area contributed by atoms with Crippen LogP contribution in [0.2, 0.25) is 0 Å². The van der Waals surface area contributed by atoms with Crippen LogP contribution < -0.4 is 30.2 Å². The third-order valence-corrected chi connectivity index (χ3v) is 8.99. The molecule has 0 bridgehead atoms. The summed E-state index contributed by atoms with van der Waals surface area (Å²) < 4.78 is 16.7. The van der Waals surface area contributed by atoms with Gasteiger partial charge in [-0.1, -0.05) is 41.3 Å². The predicted molar refractivity (Wildman–Crippen MR) is 160 cm³/mol. The van der Waals surface area contributed by atoms with Crippen molar-refractivity contribution < 1.29 is 23.8 Å². The fourth-order valence-corrected chi connectivity index (χ4v) is 6.76. The van der Waals surface area contributed by atoms with Crippen molar-refractivity contribution in [1.29, 1.82) is 5.26 Å². The maximum atomic E-state index is 13.4. The Labute approximate surface area is 251 Å². The SMILES string of the molecule is COc1ccccc1NC(=O)CSc1nnc(N2C(N)=C(C#N)C(c3ccc(OC)c(OC)c3)C3=C2CCCC3=O)s1. The summed E-state index contributed by atoms with van der Waals surface area (Å²) in [6.07, 6.45) is 1.59. The average Bonchev–Trinajstić information content (AvgIpc) is 3.48. The summed E-state index contributed by atoms with van der Waals surface area (Å²) in [6, 6.07) is 14.7. The van der Waals surface area contributed by atoms with Gasteiger partial charge >= 0.3 is 0 Å². The van der Waals surface area contributed by atoms with E-state index in [0.29, 0.717) is 68.5 Å². The van der Waals surface area contributed by atoms with Gasteiger partial charge in [0.25, 0.3) is 0 Å². The number of Topliss-reactive ketones (excluding diaryl/α,β-unsaturated/α-hetero) is 1. The van der Waals surface area contributed by atoms with Gasteiger partial charge in [-0.25, -0.2) is 0 Å². The fourth-order valence-electron chi connectivity index (χ4n) is 5.08. The summed E-state index contributed by atoms with van der Waals surface area (Å²) in [6.45, 7) is 0. The van der Waals surface area contributed by atoms with Gasteiger partial charge in [0.15, 0.2) is 21.6 Å². The average molecular weight is 605 g/mol. The predicted octanol–water partition coefficient (Wildman–Crippen LogP) is 4.60. The minimum Gasteiger partial charge on any atom is -0.495 e. The minimum atomic E-state index is -0.658. The van der Waals surface area contributed by atoms with E-state index in [2.05, 4.69) is 21.6 Å². The smallest absolute Gasteiger partial charge is 0.234 e. The number of rotatable bonds is 9. The largest absolute Gasteiger partial charge is 0.495 e. The number of allylic oxidation sites excluding steroid dienone is 3. The number of hydrogen-bond acceptors (Lipinski definition) is 12. The number of carbonyl (C=O) groups is 2. The monoisotopic (exact) mass is 604 g/mol. The second-order valence-electron chi connectivity index (χ2n) is 9.32. The highest BCUT2D eigenvalue weighted by Gasteiger charge is 2.41. The number of nitriles is 1. The van der Waals surface area contributed by atoms with E-state index in [9.17, 15) is 14.9 Å². The van der Waals surface area contributed by atoms with Gasteiger partial charge in [0.1, 0.15) is 11.6 Å². The first-order chi connectivity index (χ1) is 20.4. The van der Waals surface area contributed by atoms with Gasteiger partial charge in [0, 0.05) is 17.7 Å². The zero-order chi connectivity index (χ0) is 29.8.